The van der Waals surface area contributed by atoms with E-state index < -0.39 is 10.0 Å². The summed E-state index contributed by atoms with van der Waals surface area (Å²) < 4.78 is 28.7. The van der Waals surface area contributed by atoms with Crippen LogP contribution in [0.2, 0.25) is 0 Å². The van der Waals surface area contributed by atoms with Crippen molar-refractivity contribution in [3.05, 3.63) is 71.6 Å². The minimum absolute atomic E-state index is 0.0372. The molecule has 27 heavy (non-hydrogen) atoms. The topological polar surface area (TPSA) is 57.6 Å². The normalized spacial score (nSPS) is 15.9. The molecule has 1 atom stereocenters. The number of aromatic hydroxyl groups is 1. The van der Waals surface area contributed by atoms with Gasteiger partial charge >= 0.3 is 0 Å². The highest BCUT2D eigenvalue weighted by Crippen LogP contribution is 2.52. The lowest BCUT2D eigenvalue weighted by Crippen LogP contribution is -2.36. The second kappa shape index (κ2) is 6.55. The first-order valence-corrected chi connectivity index (χ1v) is 10.9. The van der Waals surface area contributed by atoms with Crippen LogP contribution in [0.1, 0.15) is 29.8 Å². The van der Waals surface area contributed by atoms with E-state index in [1.54, 1.807) is 17.4 Å². The molecule has 0 bridgehead atoms. The molecule has 3 aromatic rings. The van der Waals surface area contributed by atoms with Crippen LogP contribution in [-0.4, -0.2) is 13.5 Å². The average molecular weight is 398 g/mol. The Hall–Kier alpha value is -2.57. The zero-order chi connectivity index (χ0) is 19.2. The van der Waals surface area contributed by atoms with Gasteiger partial charge in [0.1, 0.15) is 5.75 Å². The number of hydrogen-bond donors (Lipinski definition) is 1. The summed E-state index contributed by atoms with van der Waals surface area (Å²) in [5.41, 5.74) is 2.77. The smallest absolute Gasteiger partial charge is 0.264 e. The van der Waals surface area contributed by atoms with E-state index in [2.05, 4.69) is 6.58 Å². The van der Waals surface area contributed by atoms with Crippen molar-refractivity contribution in [2.75, 3.05) is 4.31 Å². The molecule has 0 saturated carbocycles. The highest BCUT2D eigenvalue weighted by molar-refractivity contribution is 7.92. The van der Waals surface area contributed by atoms with Crippen LogP contribution in [0.3, 0.4) is 0 Å². The Balaban J connectivity index is 1.98. The molecule has 1 unspecified atom stereocenters. The van der Waals surface area contributed by atoms with E-state index in [1.165, 1.54) is 28.6 Å². The Morgan fingerprint density at radius 2 is 1.89 bits per heavy atom. The molecule has 0 aliphatic carbocycles. The number of rotatable bonds is 4. The minimum Gasteiger partial charge on any atom is -0.508 e. The van der Waals surface area contributed by atoms with E-state index in [9.17, 15) is 13.5 Å². The van der Waals surface area contributed by atoms with Crippen LogP contribution in [-0.2, 0) is 10.0 Å². The number of benzene rings is 2. The lowest BCUT2D eigenvalue weighted by molar-refractivity contribution is 0.474. The van der Waals surface area contributed by atoms with Crippen molar-refractivity contribution in [3.63, 3.8) is 0 Å². The number of nitrogens with zero attached hydrogens (tertiary/aromatic N) is 1. The highest BCUT2D eigenvalue weighted by Gasteiger charge is 2.39. The van der Waals surface area contributed by atoms with Gasteiger partial charge in [0.2, 0.25) is 0 Å². The van der Waals surface area contributed by atoms with Gasteiger partial charge in [-0.1, -0.05) is 43.8 Å². The standard InChI is InChI=1S/C21H19NO3S2/c1-3-15-13-20-21(26-15)18-8-6-5-7-17(18)19(4-2)22(20)27(24,25)16-11-9-14(23)10-12-16/h3,5-13,19,23H,1,4H2,2H3. The quantitative estimate of drug-likeness (QED) is 0.639. The molecular formula is C21H19NO3S2. The Morgan fingerprint density at radius 1 is 1.19 bits per heavy atom. The molecule has 4 rings (SSSR count). The maximum absolute atomic E-state index is 13.6. The van der Waals surface area contributed by atoms with Crippen LogP contribution < -0.4 is 4.31 Å². The fourth-order valence-electron chi connectivity index (χ4n) is 3.56. The molecule has 4 nitrogen and oxygen atoms in total. The van der Waals surface area contributed by atoms with Crippen LogP contribution in [0.5, 0.6) is 5.75 Å². The zero-order valence-electron chi connectivity index (χ0n) is 14.8. The van der Waals surface area contributed by atoms with Gasteiger partial charge < -0.3 is 5.11 Å². The number of sulfonamides is 1. The summed E-state index contributed by atoms with van der Waals surface area (Å²) in [6.07, 6.45) is 2.39. The largest absolute Gasteiger partial charge is 0.508 e. The maximum Gasteiger partial charge on any atom is 0.264 e. The molecule has 2 aromatic carbocycles. The molecule has 1 aliphatic heterocycles. The number of hydrogen-bond acceptors (Lipinski definition) is 4. The lowest BCUT2D eigenvalue weighted by atomic mass is 9.93. The Bertz CT molecular complexity index is 1110. The van der Waals surface area contributed by atoms with Crippen LogP contribution in [0.15, 0.2) is 66.1 Å². The van der Waals surface area contributed by atoms with Crippen LogP contribution in [0.25, 0.3) is 16.5 Å². The first-order valence-electron chi connectivity index (χ1n) is 8.66. The molecule has 0 saturated heterocycles. The van der Waals surface area contributed by atoms with E-state index >= 15 is 0 Å². The first-order chi connectivity index (χ1) is 13.0. The number of thiophene rings is 1. The van der Waals surface area contributed by atoms with Crippen molar-refractivity contribution in [1.82, 2.24) is 0 Å². The molecule has 1 N–H and O–H groups in total. The van der Waals surface area contributed by atoms with E-state index in [0.29, 0.717) is 12.1 Å². The Labute approximate surface area is 163 Å². The number of phenols is 1. The van der Waals surface area contributed by atoms with E-state index in [-0.39, 0.29) is 16.7 Å². The van der Waals surface area contributed by atoms with Crippen molar-refractivity contribution in [2.24, 2.45) is 0 Å². The van der Waals surface area contributed by atoms with Crippen molar-refractivity contribution in [2.45, 2.75) is 24.3 Å². The van der Waals surface area contributed by atoms with Crippen molar-refractivity contribution < 1.29 is 13.5 Å². The molecule has 0 fully saturated rings. The number of phenolic OH excluding ortho intramolecular Hbond substituents is 1. The van der Waals surface area contributed by atoms with Gasteiger partial charge in [-0.15, -0.1) is 11.3 Å². The minimum atomic E-state index is -3.80. The fraction of sp³-hybridized carbons (Fsp3) is 0.143. The van der Waals surface area contributed by atoms with Crippen molar-refractivity contribution >= 4 is 33.1 Å². The number of anilines is 1. The molecule has 138 valence electrons. The van der Waals surface area contributed by atoms with Gasteiger partial charge in [-0.3, -0.25) is 4.31 Å². The van der Waals surface area contributed by atoms with Crippen LogP contribution in [0.4, 0.5) is 5.69 Å². The SMILES string of the molecule is C=Cc1cc2c(s1)-c1ccccc1C(CC)N2S(=O)(=O)c1ccc(O)cc1. The molecule has 1 aliphatic rings. The van der Waals surface area contributed by atoms with Gasteiger partial charge in [0.05, 0.1) is 21.5 Å². The van der Waals surface area contributed by atoms with Gasteiger partial charge in [-0.05, 0) is 47.9 Å². The van der Waals surface area contributed by atoms with Gasteiger partial charge in [-0.25, -0.2) is 8.42 Å². The third kappa shape index (κ3) is 2.76. The lowest BCUT2D eigenvalue weighted by Gasteiger charge is -2.37. The summed E-state index contributed by atoms with van der Waals surface area (Å²) in [7, 11) is -3.80. The van der Waals surface area contributed by atoms with Crippen LogP contribution in [0, 0.1) is 0 Å². The third-order valence-corrected chi connectivity index (χ3v) is 7.79. The summed E-state index contributed by atoms with van der Waals surface area (Å²) >= 11 is 1.54. The first kappa shape index (κ1) is 17.8. The predicted molar refractivity (Wildman–Crippen MR) is 111 cm³/mol. The van der Waals surface area contributed by atoms with Gasteiger partial charge in [0, 0.05) is 4.88 Å². The third-order valence-electron chi connectivity index (χ3n) is 4.80. The predicted octanol–water partition coefficient (Wildman–Crippen LogP) is 5.42. The van der Waals surface area contributed by atoms with E-state index in [4.69, 9.17) is 0 Å². The van der Waals surface area contributed by atoms with Gasteiger partial charge in [0.25, 0.3) is 10.0 Å². The summed E-state index contributed by atoms with van der Waals surface area (Å²) in [5.74, 6) is 0.0372. The van der Waals surface area contributed by atoms with Crippen molar-refractivity contribution in [3.8, 4) is 16.2 Å². The monoisotopic (exact) mass is 397 g/mol. The second-order valence-corrected chi connectivity index (χ2v) is 9.27. The molecule has 1 aromatic heterocycles. The second-order valence-electron chi connectivity index (χ2n) is 6.37. The van der Waals surface area contributed by atoms with Crippen molar-refractivity contribution in [1.29, 1.82) is 0 Å². The molecular weight excluding hydrogens is 378 g/mol. The fourth-order valence-corrected chi connectivity index (χ4v) is 6.37. The summed E-state index contributed by atoms with van der Waals surface area (Å²) in [6.45, 7) is 5.83. The van der Waals surface area contributed by atoms with Gasteiger partial charge in [-0.2, -0.15) is 0 Å². The Kier molecular flexibility index (Phi) is 4.32. The number of fused-ring (bicyclic) bond motifs is 3. The zero-order valence-corrected chi connectivity index (χ0v) is 16.4. The molecule has 2 heterocycles. The molecule has 0 amide bonds. The summed E-state index contributed by atoms with van der Waals surface area (Å²) in [5, 5.41) is 9.54. The summed E-state index contributed by atoms with van der Waals surface area (Å²) in [6, 6.07) is 15.3. The maximum atomic E-state index is 13.6. The van der Waals surface area contributed by atoms with E-state index in [0.717, 1.165) is 20.9 Å². The van der Waals surface area contributed by atoms with Gasteiger partial charge in [0.15, 0.2) is 0 Å². The Morgan fingerprint density at radius 3 is 2.56 bits per heavy atom. The molecule has 0 radical (unpaired) electrons. The summed E-state index contributed by atoms with van der Waals surface area (Å²) in [4.78, 5) is 2.03. The molecule has 0 spiro atoms. The van der Waals surface area contributed by atoms with Crippen LogP contribution >= 0.6 is 11.3 Å². The average Bonchev–Trinajstić information content (AvgIpc) is 3.11. The van der Waals surface area contributed by atoms with E-state index in [1.807, 2.05) is 37.3 Å². The molecule has 6 heteroatoms. The highest BCUT2D eigenvalue weighted by atomic mass is 32.2.